The van der Waals surface area contributed by atoms with Crippen LogP contribution in [0.2, 0.25) is 10.0 Å². The second kappa shape index (κ2) is 9.31. The van der Waals surface area contributed by atoms with Crippen molar-refractivity contribution in [1.29, 1.82) is 0 Å². The Kier molecular flexibility index (Phi) is 6.53. The number of hydrazine groups is 1. The van der Waals surface area contributed by atoms with Crippen LogP contribution < -0.4 is 16.2 Å². The summed E-state index contributed by atoms with van der Waals surface area (Å²) in [5.74, 6) is 0.334. The van der Waals surface area contributed by atoms with Gasteiger partial charge in [-0.2, -0.15) is 0 Å². The third kappa shape index (κ3) is 4.92. The fraction of sp³-hybridized carbons (Fsp3) is 0.381. The number of amides is 2. The SMILES string of the molecule is O=C(Nc1ccc(Cl)cn1)C1CCN(C(=O)C2CC(c3cccc(Cl)c3)NN2)CC1. The summed E-state index contributed by atoms with van der Waals surface area (Å²) in [5, 5.41) is 4.02. The maximum atomic E-state index is 12.9. The first-order valence-corrected chi connectivity index (χ1v) is 10.7. The number of pyridine rings is 1. The number of hydrogen-bond donors (Lipinski definition) is 3. The molecular weight excluding hydrogens is 425 g/mol. The lowest BCUT2D eigenvalue weighted by molar-refractivity contribution is -0.136. The number of likely N-dealkylation sites (tertiary alicyclic amines) is 1. The van der Waals surface area contributed by atoms with E-state index < -0.39 is 0 Å². The van der Waals surface area contributed by atoms with Gasteiger partial charge in [-0.3, -0.25) is 9.59 Å². The Hall–Kier alpha value is -2.19. The Morgan fingerprint density at radius 1 is 1.07 bits per heavy atom. The molecule has 158 valence electrons. The predicted octanol–water partition coefficient (Wildman–Crippen LogP) is 3.17. The van der Waals surface area contributed by atoms with Crippen molar-refractivity contribution in [3.05, 3.63) is 58.2 Å². The molecule has 2 aromatic rings. The Balaban J connectivity index is 1.27. The van der Waals surface area contributed by atoms with Crippen molar-refractivity contribution in [2.75, 3.05) is 18.4 Å². The number of benzene rings is 1. The average Bonchev–Trinajstić information content (AvgIpc) is 3.25. The summed E-state index contributed by atoms with van der Waals surface area (Å²) in [6.45, 7) is 1.12. The molecule has 4 rings (SSSR count). The van der Waals surface area contributed by atoms with Gasteiger partial charge >= 0.3 is 0 Å². The summed E-state index contributed by atoms with van der Waals surface area (Å²) < 4.78 is 0. The van der Waals surface area contributed by atoms with Crippen molar-refractivity contribution in [2.45, 2.75) is 31.3 Å². The summed E-state index contributed by atoms with van der Waals surface area (Å²) in [4.78, 5) is 31.3. The lowest BCUT2D eigenvalue weighted by Gasteiger charge is -2.32. The van der Waals surface area contributed by atoms with Gasteiger partial charge in [-0.1, -0.05) is 35.3 Å². The van der Waals surface area contributed by atoms with Gasteiger partial charge in [-0.15, -0.1) is 0 Å². The maximum absolute atomic E-state index is 12.9. The number of hydrogen-bond acceptors (Lipinski definition) is 5. The highest BCUT2D eigenvalue weighted by Crippen LogP contribution is 2.26. The Bertz CT molecular complexity index is 916. The van der Waals surface area contributed by atoms with Crippen LogP contribution in [0.25, 0.3) is 0 Å². The zero-order valence-corrected chi connectivity index (χ0v) is 17.8. The minimum absolute atomic E-state index is 0.0350. The van der Waals surface area contributed by atoms with Gasteiger partial charge in [0.25, 0.3) is 0 Å². The molecule has 2 amide bonds. The quantitative estimate of drug-likeness (QED) is 0.669. The number of carbonyl (C=O) groups excluding carboxylic acids is 2. The van der Waals surface area contributed by atoms with Crippen LogP contribution in [-0.4, -0.2) is 40.8 Å². The van der Waals surface area contributed by atoms with E-state index in [4.69, 9.17) is 23.2 Å². The highest BCUT2D eigenvalue weighted by Gasteiger charge is 2.35. The van der Waals surface area contributed by atoms with Crippen molar-refractivity contribution in [1.82, 2.24) is 20.7 Å². The molecule has 0 saturated carbocycles. The summed E-state index contributed by atoms with van der Waals surface area (Å²) in [5.41, 5.74) is 7.35. The van der Waals surface area contributed by atoms with Crippen LogP contribution in [-0.2, 0) is 9.59 Å². The summed E-state index contributed by atoms with van der Waals surface area (Å²) in [6.07, 6.45) is 3.41. The molecule has 3 N–H and O–H groups in total. The van der Waals surface area contributed by atoms with Crippen LogP contribution in [0.3, 0.4) is 0 Å². The number of rotatable bonds is 4. The van der Waals surface area contributed by atoms with Crippen molar-refractivity contribution in [2.24, 2.45) is 5.92 Å². The van der Waals surface area contributed by atoms with E-state index in [1.165, 1.54) is 6.20 Å². The van der Waals surface area contributed by atoms with Gasteiger partial charge in [-0.05, 0) is 49.1 Å². The average molecular weight is 448 g/mol. The zero-order valence-electron chi connectivity index (χ0n) is 16.3. The summed E-state index contributed by atoms with van der Waals surface area (Å²) >= 11 is 11.9. The molecule has 30 heavy (non-hydrogen) atoms. The van der Waals surface area contributed by atoms with E-state index in [0.717, 1.165) is 5.56 Å². The maximum Gasteiger partial charge on any atom is 0.241 e. The fourth-order valence-corrected chi connectivity index (χ4v) is 4.23. The van der Waals surface area contributed by atoms with E-state index in [2.05, 4.69) is 21.2 Å². The van der Waals surface area contributed by atoms with Gasteiger partial charge < -0.3 is 10.2 Å². The molecule has 3 heterocycles. The molecule has 2 unspecified atom stereocenters. The molecule has 1 aromatic carbocycles. The number of piperidine rings is 1. The fourth-order valence-electron chi connectivity index (χ4n) is 3.92. The smallest absolute Gasteiger partial charge is 0.241 e. The van der Waals surface area contributed by atoms with E-state index in [9.17, 15) is 9.59 Å². The Morgan fingerprint density at radius 3 is 2.57 bits per heavy atom. The molecule has 9 heteroatoms. The van der Waals surface area contributed by atoms with E-state index in [1.54, 1.807) is 12.1 Å². The van der Waals surface area contributed by atoms with Gasteiger partial charge in [0.15, 0.2) is 0 Å². The van der Waals surface area contributed by atoms with Crippen molar-refractivity contribution in [3.63, 3.8) is 0 Å². The topological polar surface area (TPSA) is 86.4 Å². The van der Waals surface area contributed by atoms with Crippen LogP contribution >= 0.6 is 23.2 Å². The van der Waals surface area contributed by atoms with Crippen molar-refractivity contribution in [3.8, 4) is 0 Å². The van der Waals surface area contributed by atoms with E-state index >= 15 is 0 Å². The first-order chi connectivity index (χ1) is 14.5. The molecule has 2 aliphatic heterocycles. The Labute approximate surface area is 185 Å². The molecule has 2 fully saturated rings. The van der Waals surface area contributed by atoms with Gasteiger partial charge in [0, 0.05) is 36.3 Å². The van der Waals surface area contributed by atoms with E-state index in [0.29, 0.717) is 48.2 Å². The highest BCUT2D eigenvalue weighted by atomic mass is 35.5. The van der Waals surface area contributed by atoms with Crippen LogP contribution in [0.15, 0.2) is 42.6 Å². The number of halogens is 2. The molecule has 0 bridgehead atoms. The minimum Gasteiger partial charge on any atom is -0.341 e. The lowest BCUT2D eigenvalue weighted by atomic mass is 9.94. The number of carbonyl (C=O) groups is 2. The molecule has 0 aliphatic carbocycles. The van der Waals surface area contributed by atoms with Crippen LogP contribution in [0, 0.1) is 5.92 Å². The predicted molar refractivity (Wildman–Crippen MR) is 116 cm³/mol. The number of nitrogens with one attached hydrogen (secondary N) is 3. The van der Waals surface area contributed by atoms with Gasteiger partial charge in [0.2, 0.25) is 11.8 Å². The number of anilines is 1. The normalized spacial score (nSPS) is 22.1. The second-order valence-corrected chi connectivity index (χ2v) is 8.51. The molecule has 7 nitrogen and oxygen atoms in total. The standard InChI is InChI=1S/C21H23Cl2N5O2/c22-15-3-1-2-14(10-15)17-11-18(27-26-17)21(30)28-8-6-13(7-9-28)20(29)25-19-5-4-16(23)12-24-19/h1-5,10,12-13,17-18,26-27H,6-9,11H2,(H,24,25,29). The summed E-state index contributed by atoms with van der Waals surface area (Å²) in [6, 6.07) is 10.7. The molecule has 0 radical (unpaired) electrons. The third-order valence-corrected chi connectivity index (χ3v) is 6.07. The minimum atomic E-state index is -0.294. The third-order valence-electron chi connectivity index (χ3n) is 5.61. The monoisotopic (exact) mass is 447 g/mol. The second-order valence-electron chi connectivity index (χ2n) is 7.64. The van der Waals surface area contributed by atoms with Gasteiger partial charge in [0.1, 0.15) is 11.9 Å². The molecular formula is C21H23Cl2N5O2. The largest absolute Gasteiger partial charge is 0.341 e. The number of nitrogens with zero attached hydrogens (tertiary/aromatic N) is 2. The lowest BCUT2D eigenvalue weighted by Crippen LogP contribution is -2.49. The molecule has 2 atom stereocenters. The summed E-state index contributed by atoms with van der Waals surface area (Å²) in [7, 11) is 0. The molecule has 2 saturated heterocycles. The molecule has 1 aromatic heterocycles. The van der Waals surface area contributed by atoms with Crippen molar-refractivity contribution < 1.29 is 9.59 Å². The van der Waals surface area contributed by atoms with Gasteiger partial charge in [-0.25, -0.2) is 15.8 Å². The molecule has 2 aliphatic rings. The van der Waals surface area contributed by atoms with E-state index in [-0.39, 0.29) is 29.8 Å². The van der Waals surface area contributed by atoms with E-state index in [1.807, 2.05) is 29.2 Å². The van der Waals surface area contributed by atoms with Crippen LogP contribution in [0.5, 0.6) is 0 Å². The zero-order chi connectivity index (χ0) is 21.1. The highest BCUT2D eigenvalue weighted by molar-refractivity contribution is 6.30. The van der Waals surface area contributed by atoms with Gasteiger partial charge in [0.05, 0.1) is 5.02 Å². The Morgan fingerprint density at radius 2 is 1.87 bits per heavy atom. The number of aromatic nitrogens is 1. The van der Waals surface area contributed by atoms with Crippen molar-refractivity contribution >= 4 is 40.8 Å². The molecule has 0 spiro atoms. The first kappa shape index (κ1) is 21.1. The van der Waals surface area contributed by atoms with Crippen LogP contribution in [0.1, 0.15) is 30.9 Å². The first-order valence-electron chi connectivity index (χ1n) is 9.97. The van der Waals surface area contributed by atoms with Crippen LogP contribution in [0.4, 0.5) is 5.82 Å².